The maximum atomic E-state index is 12.7. The highest BCUT2D eigenvalue weighted by atomic mass is 16.5. The second kappa shape index (κ2) is 9.80. The predicted molar refractivity (Wildman–Crippen MR) is 112 cm³/mol. The summed E-state index contributed by atoms with van der Waals surface area (Å²) in [5.74, 6) is -2.35. The van der Waals surface area contributed by atoms with Gasteiger partial charge in [-0.15, -0.1) is 0 Å². The summed E-state index contributed by atoms with van der Waals surface area (Å²) in [6.07, 6.45) is 0.124. The number of carboxylic acids is 1. The van der Waals surface area contributed by atoms with Crippen LogP contribution in [0, 0.1) is 6.92 Å². The smallest absolute Gasteiger partial charge is 0.322 e. The summed E-state index contributed by atoms with van der Waals surface area (Å²) in [6, 6.07) is 15.4. The topological polar surface area (TPSA) is 116 Å². The summed E-state index contributed by atoms with van der Waals surface area (Å²) in [7, 11) is 0. The van der Waals surface area contributed by atoms with E-state index in [1.165, 1.54) is 4.90 Å². The van der Waals surface area contributed by atoms with E-state index in [2.05, 4.69) is 5.32 Å². The molecule has 0 atom stereocenters. The van der Waals surface area contributed by atoms with E-state index in [0.29, 0.717) is 6.61 Å². The summed E-state index contributed by atoms with van der Waals surface area (Å²) in [5.41, 5.74) is 2.41. The lowest BCUT2D eigenvalue weighted by molar-refractivity contribution is -0.138. The molecule has 0 fully saturated rings. The third-order valence-corrected chi connectivity index (χ3v) is 4.89. The minimum atomic E-state index is -1.24. The number of nitrogens with one attached hydrogen (secondary N) is 1. The average molecular weight is 424 g/mol. The number of aryl methyl sites for hydroxylation is 1. The highest BCUT2D eigenvalue weighted by Crippen LogP contribution is 2.24. The number of ether oxygens (including phenoxy) is 1. The number of amides is 2. The largest absolute Gasteiger partial charge is 0.511 e. The fraction of sp³-hybridized carbons (Fsp3) is 0.261. The standard InChI is InChI=1S/C23H24N2O6/c1-15-11-17(7-8-19(15)31-14-16-5-3-2-4-6-16)13-25-10-9-18(26)21(23(25)30)22(29)24-12-20(27)28/h2-8,11,26H,9-10,12-14H2,1H3,(H,24,29)(H,27,28). The third-order valence-electron chi connectivity index (χ3n) is 4.89. The zero-order valence-electron chi connectivity index (χ0n) is 17.1. The first kappa shape index (κ1) is 21.9. The van der Waals surface area contributed by atoms with Gasteiger partial charge in [-0.05, 0) is 29.7 Å². The number of carbonyl (C=O) groups is 3. The fourth-order valence-electron chi connectivity index (χ4n) is 3.30. The number of nitrogens with zero attached hydrogens (tertiary/aromatic N) is 1. The van der Waals surface area contributed by atoms with Gasteiger partial charge in [0.25, 0.3) is 11.8 Å². The predicted octanol–water partition coefficient (Wildman–Crippen LogP) is 2.32. The first-order valence-electron chi connectivity index (χ1n) is 9.82. The molecule has 0 saturated heterocycles. The number of hydrogen-bond donors (Lipinski definition) is 3. The van der Waals surface area contributed by atoms with Crippen molar-refractivity contribution in [1.29, 1.82) is 0 Å². The van der Waals surface area contributed by atoms with Gasteiger partial charge in [-0.1, -0.05) is 42.5 Å². The number of rotatable bonds is 8. The van der Waals surface area contributed by atoms with Crippen molar-refractivity contribution < 1.29 is 29.3 Å². The van der Waals surface area contributed by atoms with Crippen molar-refractivity contribution in [2.24, 2.45) is 0 Å². The second-order valence-electron chi connectivity index (χ2n) is 7.25. The Kier molecular flexibility index (Phi) is 6.92. The van der Waals surface area contributed by atoms with Gasteiger partial charge in [-0.3, -0.25) is 14.4 Å². The molecule has 3 N–H and O–H groups in total. The Balaban J connectivity index is 1.65. The number of benzene rings is 2. The minimum Gasteiger partial charge on any atom is -0.511 e. The number of carbonyl (C=O) groups excluding carboxylic acids is 2. The molecule has 1 aliphatic rings. The number of aliphatic hydroxyl groups excluding tert-OH is 1. The molecule has 0 bridgehead atoms. The number of aliphatic hydroxyl groups is 1. The Morgan fingerprint density at radius 1 is 1.13 bits per heavy atom. The van der Waals surface area contributed by atoms with E-state index in [4.69, 9.17) is 9.84 Å². The van der Waals surface area contributed by atoms with E-state index >= 15 is 0 Å². The van der Waals surface area contributed by atoms with Crippen LogP contribution >= 0.6 is 0 Å². The molecule has 0 spiro atoms. The summed E-state index contributed by atoms with van der Waals surface area (Å²) >= 11 is 0. The molecular formula is C23H24N2O6. The van der Waals surface area contributed by atoms with Gasteiger partial charge >= 0.3 is 5.97 Å². The first-order valence-corrected chi connectivity index (χ1v) is 9.82. The normalized spacial score (nSPS) is 13.8. The zero-order valence-corrected chi connectivity index (χ0v) is 17.1. The minimum absolute atomic E-state index is 0.124. The van der Waals surface area contributed by atoms with Crippen LogP contribution in [0.15, 0.2) is 59.9 Å². The molecule has 2 aromatic carbocycles. The van der Waals surface area contributed by atoms with Crippen molar-refractivity contribution in [2.75, 3.05) is 13.1 Å². The van der Waals surface area contributed by atoms with Crippen LogP contribution < -0.4 is 10.1 Å². The van der Waals surface area contributed by atoms with Crippen LogP contribution in [-0.4, -0.2) is 46.0 Å². The first-order chi connectivity index (χ1) is 14.8. The van der Waals surface area contributed by atoms with Crippen LogP contribution in [0.4, 0.5) is 0 Å². The van der Waals surface area contributed by atoms with E-state index in [0.717, 1.165) is 22.4 Å². The molecule has 0 aliphatic carbocycles. The molecule has 0 radical (unpaired) electrons. The number of hydrogen-bond acceptors (Lipinski definition) is 5. The van der Waals surface area contributed by atoms with Crippen LogP contribution in [0.2, 0.25) is 0 Å². The van der Waals surface area contributed by atoms with Gasteiger partial charge in [0.05, 0.1) is 0 Å². The average Bonchev–Trinajstić information content (AvgIpc) is 2.74. The van der Waals surface area contributed by atoms with Gasteiger partial charge in [-0.2, -0.15) is 0 Å². The summed E-state index contributed by atoms with van der Waals surface area (Å²) < 4.78 is 5.88. The SMILES string of the molecule is Cc1cc(CN2CCC(O)=C(C(=O)NCC(=O)O)C2=O)ccc1OCc1ccccc1. The molecule has 8 heteroatoms. The lowest BCUT2D eigenvalue weighted by Crippen LogP contribution is -2.43. The van der Waals surface area contributed by atoms with Crippen molar-refractivity contribution in [3.63, 3.8) is 0 Å². The van der Waals surface area contributed by atoms with Crippen LogP contribution in [0.1, 0.15) is 23.1 Å². The molecular weight excluding hydrogens is 400 g/mol. The summed E-state index contributed by atoms with van der Waals surface area (Å²) in [6.45, 7) is 2.24. The Morgan fingerprint density at radius 2 is 1.87 bits per heavy atom. The second-order valence-corrected chi connectivity index (χ2v) is 7.25. The summed E-state index contributed by atoms with van der Waals surface area (Å²) in [5, 5.41) is 20.8. The van der Waals surface area contributed by atoms with Crippen LogP contribution in [-0.2, 0) is 27.5 Å². The molecule has 162 valence electrons. The Hall–Kier alpha value is -3.81. The van der Waals surface area contributed by atoms with E-state index < -0.39 is 29.9 Å². The van der Waals surface area contributed by atoms with Crippen molar-refractivity contribution in [3.8, 4) is 5.75 Å². The third kappa shape index (κ3) is 5.63. The van der Waals surface area contributed by atoms with Gasteiger partial charge in [0.15, 0.2) is 0 Å². The maximum absolute atomic E-state index is 12.7. The van der Waals surface area contributed by atoms with E-state index in [1.807, 2.05) is 55.5 Å². The maximum Gasteiger partial charge on any atom is 0.322 e. The van der Waals surface area contributed by atoms with E-state index in [-0.39, 0.29) is 25.3 Å². The molecule has 3 rings (SSSR count). The molecule has 8 nitrogen and oxygen atoms in total. The number of aliphatic carboxylic acids is 1. The molecule has 2 aromatic rings. The van der Waals surface area contributed by atoms with Gasteiger partial charge in [0.1, 0.15) is 30.2 Å². The highest BCUT2D eigenvalue weighted by molar-refractivity contribution is 6.19. The summed E-state index contributed by atoms with van der Waals surface area (Å²) in [4.78, 5) is 37.0. The molecule has 0 aromatic heterocycles. The van der Waals surface area contributed by atoms with Gasteiger partial charge < -0.3 is 25.2 Å². The zero-order chi connectivity index (χ0) is 22.4. The number of carboxylic acid groups (broad SMARTS) is 1. The monoisotopic (exact) mass is 424 g/mol. The molecule has 31 heavy (non-hydrogen) atoms. The van der Waals surface area contributed by atoms with E-state index in [1.54, 1.807) is 0 Å². The van der Waals surface area contributed by atoms with Crippen molar-refractivity contribution >= 4 is 17.8 Å². The van der Waals surface area contributed by atoms with Crippen molar-refractivity contribution in [1.82, 2.24) is 10.2 Å². The van der Waals surface area contributed by atoms with Gasteiger partial charge in [0, 0.05) is 19.5 Å². The lowest BCUT2D eigenvalue weighted by atomic mass is 10.0. The Bertz CT molecular complexity index is 1020. The van der Waals surface area contributed by atoms with Gasteiger partial charge in [0.2, 0.25) is 0 Å². The van der Waals surface area contributed by atoms with Crippen LogP contribution in [0.5, 0.6) is 5.75 Å². The Labute approximate surface area is 179 Å². The van der Waals surface area contributed by atoms with Crippen molar-refractivity contribution in [3.05, 3.63) is 76.6 Å². The fourth-order valence-corrected chi connectivity index (χ4v) is 3.30. The van der Waals surface area contributed by atoms with Crippen LogP contribution in [0.3, 0.4) is 0 Å². The highest BCUT2D eigenvalue weighted by Gasteiger charge is 2.32. The molecule has 0 saturated carbocycles. The lowest BCUT2D eigenvalue weighted by Gasteiger charge is -2.28. The molecule has 1 heterocycles. The quantitative estimate of drug-likeness (QED) is 0.560. The molecule has 2 amide bonds. The van der Waals surface area contributed by atoms with Crippen molar-refractivity contribution in [2.45, 2.75) is 26.5 Å². The molecule has 0 unspecified atom stereocenters. The Morgan fingerprint density at radius 3 is 2.55 bits per heavy atom. The van der Waals surface area contributed by atoms with Gasteiger partial charge in [-0.25, -0.2) is 0 Å². The van der Waals surface area contributed by atoms with Crippen LogP contribution in [0.25, 0.3) is 0 Å². The van der Waals surface area contributed by atoms with E-state index in [9.17, 15) is 19.5 Å². The molecule has 1 aliphatic heterocycles.